The van der Waals surface area contributed by atoms with Crippen molar-refractivity contribution in [3.63, 3.8) is 0 Å². The molecule has 0 amide bonds. The molecule has 0 saturated carbocycles. The van der Waals surface area contributed by atoms with Crippen LogP contribution in [-0.2, 0) is 13.2 Å². The number of hydrogen-bond donors (Lipinski definition) is 1. The number of aliphatic hydroxyl groups excluding tert-OH is 1. The number of hydrogen-bond acceptors (Lipinski definition) is 2. The van der Waals surface area contributed by atoms with Crippen LogP contribution in [0.2, 0.25) is 5.02 Å². The summed E-state index contributed by atoms with van der Waals surface area (Å²) in [5.74, 6) is -0.555. The van der Waals surface area contributed by atoms with Crippen LogP contribution in [0.3, 0.4) is 0 Å². The molecule has 94 valence electrons. The molecule has 0 saturated heterocycles. The summed E-state index contributed by atoms with van der Waals surface area (Å²) in [5, 5.41) is 9.08. The van der Waals surface area contributed by atoms with Gasteiger partial charge in [-0.25, -0.2) is 4.39 Å². The van der Waals surface area contributed by atoms with Gasteiger partial charge in [-0.3, -0.25) is 0 Å². The summed E-state index contributed by atoms with van der Waals surface area (Å²) in [6.45, 7) is -0.00838. The molecule has 0 unspecified atom stereocenters. The van der Waals surface area contributed by atoms with Gasteiger partial charge in [0.15, 0.2) is 11.6 Å². The van der Waals surface area contributed by atoms with Crippen LogP contribution in [0.1, 0.15) is 11.1 Å². The second-order valence-corrected chi connectivity index (χ2v) is 4.23. The standard InChI is InChI=1S/C14H12ClFO2/c15-12-6-11(8-17)7-13(16)14(12)18-9-10-4-2-1-3-5-10/h1-7,17H,8-9H2. The Morgan fingerprint density at radius 1 is 1.11 bits per heavy atom. The molecule has 18 heavy (non-hydrogen) atoms. The predicted octanol–water partition coefficient (Wildman–Crippen LogP) is 3.55. The molecule has 4 heteroatoms. The lowest BCUT2D eigenvalue weighted by Gasteiger charge is -2.10. The smallest absolute Gasteiger partial charge is 0.174 e. The number of aliphatic hydroxyl groups is 1. The molecule has 0 aromatic heterocycles. The number of benzene rings is 2. The minimum absolute atomic E-state index is 0.0118. The number of halogens is 2. The van der Waals surface area contributed by atoms with E-state index >= 15 is 0 Å². The third kappa shape index (κ3) is 3.00. The molecule has 2 rings (SSSR count). The summed E-state index contributed by atoms with van der Waals surface area (Å²) in [6, 6.07) is 12.1. The second kappa shape index (κ2) is 5.85. The van der Waals surface area contributed by atoms with E-state index in [0.717, 1.165) is 5.56 Å². The highest BCUT2D eigenvalue weighted by atomic mass is 35.5. The summed E-state index contributed by atoms with van der Waals surface area (Å²) < 4.78 is 19.0. The predicted molar refractivity (Wildman–Crippen MR) is 68.1 cm³/mol. The van der Waals surface area contributed by atoms with Gasteiger partial charge in [-0.1, -0.05) is 41.9 Å². The average molecular weight is 267 g/mol. The fourth-order valence-corrected chi connectivity index (χ4v) is 1.86. The minimum Gasteiger partial charge on any atom is -0.484 e. The Balaban J connectivity index is 2.15. The van der Waals surface area contributed by atoms with Crippen molar-refractivity contribution in [2.45, 2.75) is 13.2 Å². The van der Waals surface area contributed by atoms with Crippen LogP contribution in [0.4, 0.5) is 4.39 Å². The first-order valence-electron chi connectivity index (χ1n) is 5.46. The van der Waals surface area contributed by atoms with Crippen molar-refractivity contribution in [3.8, 4) is 5.75 Å². The van der Waals surface area contributed by atoms with Gasteiger partial charge in [0.2, 0.25) is 0 Å². The Kier molecular flexibility index (Phi) is 4.18. The monoisotopic (exact) mass is 266 g/mol. The molecule has 2 aromatic rings. The highest BCUT2D eigenvalue weighted by Crippen LogP contribution is 2.30. The van der Waals surface area contributed by atoms with Crippen molar-refractivity contribution in [1.29, 1.82) is 0 Å². The summed E-state index contributed by atoms with van der Waals surface area (Å²) in [6.07, 6.45) is 0. The van der Waals surface area contributed by atoms with E-state index in [1.165, 1.54) is 12.1 Å². The SMILES string of the molecule is OCc1cc(F)c(OCc2ccccc2)c(Cl)c1. The van der Waals surface area contributed by atoms with Crippen LogP contribution in [0, 0.1) is 5.82 Å². The second-order valence-electron chi connectivity index (χ2n) is 3.82. The van der Waals surface area contributed by atoms with E-state index in [0.29, 0.717) is 5.56 Å². The fourth-order valence-electron chi connectivity index (χ4n) is 1.57. The summed E-state index contributed by atoms with van der Waals surface area (Å²) in [7, 11) is 0. The molecule has 0 spiro atoms. The van der Waals surface area contributed by atoms with Crippen LogP contribution in [0.15, 0.2) is 42.5 Å². The van der Waals surface area contributed by atoms with Gasteiger partial charge in [0.25, 0.3) is 0 Å². The van der Waals surface area contributed by atoms with E-state index in [1.807, 2.05) is 30.3 Å². The molecule has 0 bridgehead atoms. The molecule has 2 aromatic carbocycles. The Bertz CT molecular complexity index is 506. The lowest BCUT2D eigenvalue weighted by Crippen LogP contribution is -1.99. The lowest BCUT2D eigenvalue weighted by molar-refractivity contribution is 0.276. The van der Waals surface area contributed by atoms with E-state index in [1.54, 1.807) is 0 Å². The van der Waals surface area contributed by atoms with Gasteiger partial charge >= 0.3 is 0 Å². The topological polar surface area (TPSA) is 29.5 Å². The van der Waals surface area contributed by atoms with Crippen molar-refractivity contribution < 1.29 is 14.2 Å². The van der Waals surface area contributed by atoms with Crippen molar-refractivity contribution in [1.82, 2.24) is 0 Å². The van der Waals surface area contributed by atoms with Crippen LogP contribution >= 0.6 is 11.6 Å². The zero-order chi connectivity index (χ0) is 13.0. The third-order valence-electron chi connectivity index (χ3n) is 2.47. The maximum Gasteiger partial charge on any atom is 0.174 e. The molecule has 0 atom stereocenters. The van der Waals surface area contributed by atoms with Crippen molar-refractivity contribution in [2.24, 2.45) is 0 Å². The highest BCUT2D eigenvalue weighted by Gasteiger charge is 2.11. The number of ether oxygens (including phenoxy) is 1. The van der Waals surface area contributed by atoms with Crippen molar-refractivity contribution >= 4 is 11.6 Å². The van der Waals surface area contributed by atoms with E-state index in [4.69, 9.17) is 21.4 Å². The molecule has 2 nitrogen and oxygen atoms in total. The highest BCUT2D eigenvalue weighted by molar-refractivity contribution is 6.32. The first kappa shape index (κ1) is 12.9. The Morgan fingerprint density at radius 2 is 1.83 bits per heavy atom. The molecule has 0 fully saturated rings. The molecule has 0 aliphatic heterocycles. The molecule has 0 radical (unpaired) electrons. The first-order valence-corrected chi connectivity index (χ1v) is 5.84. The lowest BCUT2D eigenvalue weighted by atomic mass is 10.2. The zero-order valence-electron chi connectivity index (χ0n) is 9.57. The van der Waals surface area contributed by atoms with Crippen LogP contribution in [-0.4, -0.2) is 5.11 Å². The van der Waals surface area contributed by atoms with Crippen molar-refractivity contribution in [3.05, 3.63) is 64.4 Å². The molecular weight excluding hydrogens is 255 g/mol. The zero-order valence-corrected chi connectivity index (χ0v) is 10.3. The molecule has 0 aliphatic rings. The Hall–Kier alpha value is -1.58. The average Bonchev–Trinajstić information content (AvgIpc) is 2.38. The van der Waals surface area contributed by atoms with E-state index in [2.05, 4.69) is 0 Å². The summed E-state index contributed by atoms with van der Waals surface area (Å²) >= 11 is 5.90. The number of rotatable bonds is 4. The van der Waals surface area contributed by atoms with E-state index in [-0.39, 0.29) is 24.0 Å². The van der Waals surface area contributed by atoms with E-state index in [9.17, 15) is 4.39 Å². The van der Waals surface area contributed by atoms with Crippen molar-refractivity contribution in [2.75, 3.05) is 0 Å². The largest absolute Gasteiger partial charge is 0.484 e. The van der Waals surface area contributed by atoms with Crippen LogP contribution in [0.25, 0.3) is 0 Å². The molecule has 0 aliphatic carbocycles. The third-order valence-corrected chi connectivity index (χ3v) is 2.75. The quantitative estimate of drug-likeness (QED) is 0.917. The van der Waals surface area contributed by atoms with Gasteiger partial charge in [-0.2, -0.15) is 0 Å². The minimum atomic E-state index is -0.567. The molecule has 0 heterocycles. The first-order chi connectivity index (χ1) is 8.70. The maximum absolute atomic E-state index is 13.7. The van der Waals surface area contributed by atoms with Crippen LogP contribution in [0.5, 0.6) is 5.75 Å². The van der Waals surface area contributed by atoms with E-state index < -0.39 is 5.82 Å². The van der Waals surface area contributed by atoms with Gasteiger partial charge in [-0.15, -0.1) is 0 Å². The van der Waals surface area contributed by atoms with Crippen LogP contribution < -0.4 is 4.74 Å². The van der Waals surface area contributed by atoms with Gasteiger partial charge in [-0.05, 0) is 23.3 Å². The van der Waals surface area contributed by atoms with Gasteiger partial charge in [0.05, 0.1) is 11.6 Å². The molecular formula is C14H12ClFO2. The van der Waals surface area contributed by atoms with Gasteiger partial charge in [0, 0.05) is 0 Å². The molecule has 1 N–H and O–H groups in total. The van der Waals surface area contributed by atoms with Gasteiger partial charge < -0.3 is 9.84 Å². The maximum atomic E-state index is 13.7. The Labute approximate surface area is 110 Å². The Morgan fingerprint density at radius 3 is 2.44 bits per heavy atom. The summed E-state index contributed by atoms with van der Waals surface area (Å²) in [5.41, 5.74) is 1.35. The summed E-state index contributed by atoms with van der Waals surface area (Å²) in [4.78, 5) is 0. The fraction of sp³-hybridized carbons (Fsp3) is 0.143. The van der Waals surface area contributed by atoms with Gasteiger partial charge in [0.1, 0.15) is 6.61 Å². The normalized spacial score (nSPS) is 10.4.